The zero-order valence-electron chi connectivity index (χ0n) is 23.0. The summed E-state index contributed by atoms with van der Waals surface area (Å²) in [5.41, 5.74) is -1.02. The van der Waals surface area contributed by atoms with Crippen LogP contribution in [0.5, 0.6) is 11.5 Å². The van der Waals surface area contributed by atoms with Crippen LogP contribution in [0.15, 0.2) is 70.3 Å². The molecule has 1 saturated carbocycles. The van der Waals surface area contributed by atoms with Gasteiger partial charge < -0.3 is 20.8 Å². The lowest BCUT2D eigenvalue weighted by Gasteiger charge is -2.23. The number of nitrogens with zero attached hydrogens (tertiary/aromatic N) is 3. The van der Waals surface area contributed by atoms with Gasteiger partial charge in [0, 0.05) is 29.4 Å². The molecule has 4 N–H and O–H groups in total. The molecule has 2 amide bonds. The van der Waals surface area contributed by atoms with Gasteiger partial charge in [0.05, 0.1) is 22.4 Å². The van der Waals surface area contributed by atoms with Gasteiger partial charge in [-0.25, -0.2) is 4.79 Å². The Balaban J connectivity index is 1.55. The van der Waals surface area contributed by atoms with Gasteiger partial charge >= 0.3 is 5.69 Å². The van der Waals surface area contributed by atoms with Crippen LogP contribution < -0.4 is 21.9 Å². The van der Waals surface area contributed by atoms with Crippen LogP contribution in [0.4, 0.5) is 11.4 Å². The zero-order valence-corrected chi connectivity index (χ0v) is 23.0. The minimum Gasteiger partial charge on any atom is -0.504 e. The molecule has 0 unspecified atom stereocenters. The molecular formula is C30H29N5O8. The van der Waals surface area contributed by atoms with Crippen LogP contribution in [0.1, 0.15) is 48.0 Å². The largest absolute Gasteiger partial charge is 0.504 e. The lowest BCUT2D eigenvalue weighted by Crippen LogP contribution is -2.42. The fourth-order valence-corrected chi connectivity index (χ4v) is 5.26. The minimum absolute atomic E-state index is 0.0228. The number of carbonyl (C=O) groups is 2. The van der Waals surface area contributed by atoms with Crippen molar-refractivity contribution in [1.82, 2.24) is 14.5 Å². The van der Waals surface area contributed by atoms with E-state index in [4.69, 9.17) is 0 Å². The SMILES string of the molecule is O=C(Cn1c(=O)n(Cc2ccc(O)c(O)c2)c(=O)c2ccc(C(=O)NC3CCCCC3)cc21)Nc1cccc([N+](=O)[O-])c1. The number of aromatic nitrogens is 2. The smallest absolute Gasteiger partial charge is 0.332 e. The number of non-ortho nitro benzene ring substituents is 1. The predicted octanol–water partition coefficient (Wildman–Crippen LogP) is 3.23. The van der Waals surface area contributed by atoms with E-state index in [2.05, 4.69) is 10.6 Å². The fraction of sp³-hybridized carbons (Fsp3) is 0.267. The van der Waals surface area contributed by atoms with E-state index in [1.54, 1.807) is 0 Å². The second-order valence-corrected chi connectivity index (χ2v) is 10.5. The summed E-state index contributed by atoms with van der Waals surface area (Å²) in [5, 5.41) is 36.3. The molecular weight excluding hydrogens is 558 g/mol. The third-order valence-electron chi connectivity index (χ3n) is 7.45. The molecule has 13 nitrogen and oxygen atoms in total. The number of benzene rings is 3. The van der Waals surface area contributed by atoms with E-state index in [1.807, 2.05) is 0 Å². The summed E-state index contributed by atoms with van der Waals surface area (Å²) < 4.78 is 1.94. The Labute approximate surface area is 244 Å². The highest BCUT2D eigenvalue weighted by atomic mass is 16.6. The van der Waals surface area contributed by atoms with Crippen molar-refractivity contribution < 1.29 is 24.7 Å². The van der Waals surface area contributed by atoms with Crippen LogP contribution in [0.2, 0.25) is 0 Å². The highest BCUT2D eigenvalue weighted by Crippen LogP contribution is 2.25. The van der Waals surface area contributed by atoms with Gasteiger partial charge in [0.15, 0.2) is 11.5 Å². The van der Waals surface area contributed by atoms with E-state index < -0.39 is 34.4 Å². The van der Waals surface area contributed by atoms with E-state index >= 15 is 0 Å². The standard InChI is InChI=1S/C30H29N5O8/c36-25-12-9-18(13-26(25)37)16-34-29(40)23-11-10-19(28(39)32-20-5-2-1-3-6-20)14-24(23)33(30(34)41)17-27(38)31-21-7-4-8-22(15-21)35(42)43/h4,7-15,20,36-37H,1-3,5-6,16-17H2,(H,31,38)(H,32,39). The normalized spacial score (nSPS) is 13.5. The summed E-state index contributed by atoms with van der Waals surface area (Å²) in [7, 11) is 0. The van der Waals surface area contributed by atoms with Gasteiger partial charge in [0.25, 0.3) is 17.2 Å². The van der Waals surface area contributed by atoms with Crippen molar-refractivity contribution >= 4 is 34.1 Å². The molecule has 0 aliphatic heterocycles. The van der Waals surface area contributed by atoms with Crippen LogP contribution in [0.3, 0.4) is 0 Å². The Morgan fingerprint density at radius 3 is 2.42 bits per heavy atom. The Kier molecular flexibility index (Phi) is 8.23. The topological polar surface area (TPSA) is 186 Å². The molecule has 13 heteroatoms. The number of fused-ring (bicyclic) bond motifs is 1. The Morgan fingerprint density at radius 1 is 0.930 bits per heavy atom. The first-order valence-corrected chi connectivity index (χ1v) is 13.7. The van der Waals surface area contributed by atoms with Crippen molar-refractivity contribution in [1.29, 1.82) is 0 Å². The number of amides is 2. The molecule has 0 spiro atoms. The maximum absolute atomic E-state index is 13.7. The molecule has 1 aromatic heterocycles. The number of phenolic OH excluding ortho intramolecular Hbond substituents is 2. The van der Waals surface area contributed by atoms with E-state index in [0.717, 1.165) is 41.2 Å². The third-order valence-corrected chi connectivity index (χ3v) is 7.45. The number of aromatic hydroxyl groups is 2. The van der Waals surface area contributed by atoms with Crippen molar-refractivity contribution in [2.24, 2.45) is 0 Å². The van der Waals surface area contributed by atoms with Crippen LogP contribution in [-0.2, 0) is 17.9 Å². The van der Waals surface area contributed by atoms with Crippen molar-refractivity contribution in [3.8, 4) is 11.5 Å². The van der Waals surface area contributed by atoms with Crippen molar-refractivity contribution in [2.75, 3.05) is 5.32 Å². The monoisotopic (exact) mass is 587 g/mol. The summed E-state index contributed by atoms with van der Waals surface area (Å²) in [5.74, 6) is -1.87. The summed E-state index contributed by atoms with van der Waals surface area (Å²) in [6.07, 6.45) is 4.86. The van der Waals surface area contributed by atoms with Gasteiger partial charge in [-0.2, -0.15) is 0 Å². The molecule has 5 rings (SSSR count). The molecule has 1 fully saturated rings. The summed E-state index contributed by atoms with van der Waals surface area (Å²) in [4.78, 5) is 64.0. The number of carbonyl (C=O) groups excluding carboxylic acids is 2. The van der Waals surface area contributed by atoms with Crippen LogP contribution in [0.25, 0.3) is 10.9 Å². The van der Waals surface area contributed by atoms with Crippen LogP contribution in [0, 0.1) is 10.1 Å². The molecule has 0 atom stereocenters. The lowest BCUT2D eigenvalue weighted by molar-refractivity contribution is -0.384. The lowest BCUT2D eigenvalue weighted by atomic mass is 9.95. The Bertz CT molecular complexity index is 1860. The van der Waals surface area contributed by atoms with Crippen molar-refractivity contribution in [3.05, 3.63) is 103 Å². The first kappa shape index (κ1) is 29.0. The highest BCUT2D eigenvalue weighted by molar-refractivity contribution is 5.98. The minimum atomic E-state index is -0.857. The third kappa shape index (κ3) is 6.40. The summed E-state index contributed by atoms with van der Waals surface area (Å²) >= 11 is 0. The number of nitrogens with one attached hydrogen (secondary N) is 2. The van der Waals surface area contributed by atoms with Crippen molar-refractivity contribution in [3.63, 3.8) is 0 Å². The number of rotatable bonds is 8. The first-order valence-electron chi connectivity index (χ1n) is 13.7. The predicted molar refractivity (Wildman–Crippen MR) is 157 cm³/mol. The molecule has 1 aliphatic carbocycles. The van der Waals surface area contributed by atoms with Crippen LogP contribution in [-0.4, -0.2) is 42.1 Å². The maximum Gasteiger partial charge on any atom is 0.332 e. The number of hydrogen-bond donors (Lipinski definition) is 4. The average Bonchev–Trinajstić information content (AvgIpc) is 2.99. The van der Waals surface area contributed by atoms with Crippen molar-refractivity contribution in [2.45, 2.75) is 51.2 Å². The zero-order chi connectivity index (χ0) is 30.7. The molecule has 1 heterocycles. The molecule has 4 aromatic rings. The quantitative estimate of drug-likeness (QED) is 0.137. The number of nitro groups is 1. The second-order valence-electron chi connectivity index (χ2n) is 10.5. The number of nitro benzene ring substituents is 1. The molecule has 0 saturated heterocycles. The van der Waals surface area contributed by atoms with Crippen LogP contribution >= 0.6 is 0 Å². The van der Waals surface area contributed by atoms with Gasteiger partial charge in [-0.05, 0) is 54.8 Å². The highest BCUT2D eigenvalue weighted by Gasteiger charge is 2.21. The van der Waals surface area contributed by atoms with Gasteiger partial charge in [-0.1, -0.05) is 31.4 Å². The molecule has 0 bridgehead atoms. The maximum atomic E-state index is 13.7. The molecule has 3 aromatic carbocycles. The number of phenols is 2. The Hall–Kier alpha value is -5.46. The van der Waals surface area contributed by atoms with Gasteiger partial charge in [-0.15, -0.1) is 0 Å². The number of anilines is 1. The molecule has 1 aliphatic rings. The van der Waals surface area contributed by atoms with E-state index in [9.17, 15) is 39.5 Å². The van der Waals surface area contributed by atoms with E-state index in [-0.39, 0.29) is 52.1 Å². The van der Waals surface area contributed by atoms with E-state index in [0.29, 0.717) is 5.56 Å². The molecule has 222 valence electrons. The second kappa shape index (κ2) is 12.2. The molecule has 0 radical (unpaired) electrons. The first-order chi connectivity index (χ1) is 20.6. The van der Waals surface area contributed by atoms with E-state index in [1.165, 1.54) is 60.7 Å². The number of hydrogen-bond acceptors (Lipinski definition) is 8. The van der Waals surface area contributed by atoms with Gasteiger partial charge in [0.1, 0.15) is 6.54 Å². The fourth-order valence-electron chi connectivity index (χ4n) is 5.26. The van der Waals surface area contributed by atoms with Gasteiger partial charge in [-0.3, -0.25) is 33.6 Å². The molecule has 43 heavy (non-hydrogen) atoms. The summed E-state index contributed by atoms with van der Waals surface area (Å²) in [6.45, 7) is -0.856. The Morgan fingerprint density at radius 2 is 1.70 bits per heavy atom. The average molecular weight is 588 g/mol. The van der Waals surface area contributed by atoms with Gasteiger partial charge in [0.2, 0.25) is 5.91 Å². The summed E-state index contributed by atoms with van der Waals surface area (Å²) in [6, 6.07) is 13.5.